The van der Waals surface area contributed by atoms with Crippen LogP contribution in [0.1, 0.15) is 27.9 Å². The first-order chi connectivity index (χ1) is 18.2. The first-order valence-electron chi connectivity index (χ1n) is 12.0. The van der Waals surface area contributed by atoms with Gasteiger partial charge in [0.25, 0.3) is 5.91 Å². The number of hydrogen-bond acceptors (Lipinski definition) is 5. The molecule has 4 rings (SSSR count). The molecule has 10 heteroatoms. The molecule has 38 heavy (non-hydrogen) atoms. The Balaban J connectivity index is 1.36. The number of alkyl halides is 3. The molecule has 0 aliphatic carbocycles. The number of carbonyl (C=O) groups is 2. The van der Waals surface area contributed by atoms with Gasteiger partial charge >= 0.3 is 6.18 Å². The number of hydrogen-bond donors (Lipinski definition) is 3. The lowest BCUT2D eigenvalue weighted by Gasteiger charge is -2.26. The van der Waals surface area contributed by atoms with Crippen LogP contribution in [0.25, 0.3) is 0 Å². The van der Waals surface area contributed by atoms with Crippen molar-refractivity contribution in [2.45, 2.75) is 19.1 Å². The van der Waals surface area contributed by atoms with Crippen LogP contribution in [0.15, 0.2) is 72.8 Å². The summed E-state index contributed by atoms with van der Waals surface area (Å²) in [6.45, 7) is 0.877. The van der Waals surface area contributed by atoms with Crippen molar-refractivity contribution in [3.8, 4) is 5.75 Å². The maximum absolute atomic E-state index is 13.3. The van der Waals surface area contributed by atoms with E-state index in [0.29, 0.717) is 30.0 Å². The van der Waals surface area contributed by atoms with Gasteiger partial charge in [-0.25, -0.2) is 0 Å². The van der Waals surface area contributed by atoms with Crippen LogP contribution in [0.2, 0.25) is 0 Å². The second-order valence-electron chi connectivity index (χ2n) is 9.01. The minimum atomic E-state index is -4.47. The van der Waals surface area contributed by atoms with Gasteiger partial charge < -0.3 is 25.4 Å². The van der Waals surface area contributed by atoms with Crippen molar-refractivity contribution in [1.82, 2.24) is 10.6 Å². The van der Waals surface area contributed by atoms with Crippen molar-refractivity contribution in [2.24, 2.45) is 5.41 Å². The summed E-state index contributed by atoms with van der Waals surface area (Å²) in [6.07, 6.45) is -4.02. The van der Waals surface area contributed by atoms with Crippen molar-refractivity contribution in [1.29, 1.82) is 0 Å². The fourth-order valence-corrected chi connectivity index (χ4v) is 4.25. The van der Waals surface area contributed by atoms with Gasteiger partial charge in [0.2, 0.25) is 5.91 Å². The maximum Gasteiger partial charge on any atom is 0.418 e. The quantitative estimate of drug-likeness (QED) is 0.368. The smallest absolute Gasteiger partial charge is 0.418 e. The SMILES string of the molecule is COc1ccccc1C(=O)NC[C@@]1(C(=O)NCc2ccc(Nc3ccccc3C(F)(F)F)cc2)CCOC1. The maximum atomic E-state index is 13.3. The van der Waals surface area contributed by atoms with Crippen molar-refractivity contribution in [2.75, 3.05) is 32.2 Å². The topological polar surface area (TPSA) is 88.7 Å². The lowest BCUT2D eigenvalue weighted by atomic mass is 9.86. The van der Waals surface area contributed by atoms with E-state index >= 15 is 0 Å². The number of para-hydroxylation sites is 2. The number of ether oxygens (including phenoxy) is 2. The molecule has 0 saturated carbocycles. The highest BCUT2D eigenvalue weighted by atomic mass is 19.4. The van der Waals surface area contributed by atoms with E-state index in [1.165, 1.54) is 25.3 Å². The third-order valence-corrected chi connectivity index (χ3v) is 6.44. The highest BCUT2D eigenvalue weighted by Crippen LogP contribution is 2.36. The average molecular weight is 528 g/mol. The van der Waals surface area contributed by atoms with Gasteiger partial charge in [0.15, 0.2) is 0 Å². The number of anilines is 2. The lowest BCUT2D eigenvalue weighted by molar-refractivity contribution is -0.137. The van der Waals surface area contributed by atoms with E-state index in [1.54, 1.807) is 48.5 Å². The summed E-state index contributed by atoms with van der Waals surface area (Å²) >= 11 is 0. The number of carbonyl (C=O) groups excluding carboxylic acids is 2. The summed E-state index contributed by atoms with van der Waals surface area (Å²) < 4.78 is 50.5. The van der Waals surface area contributed by atoms with Crippen LogP contribution in [0.3, 0.4) is 0 Å². The van der Waals surface area contributed by atoms with Crippen LogP contribution < -0.4 is 20.7 Å². The van der Waals surface area contributed by atoms with E-state index in [-0.39, 0.29) is 37.2 Å². The van der Waals surface area contributed by atoms with Gasteiger partial charge in [0.05, 0.1) is 35.9 Å². The first kappa shape index (κ1) is 27.0. The monoisotopic (exact) mass is 527 g/mol. The number of methoxy groups -OCH3 is 1. The van der Waals surface area contributed by atoms with E-state index < -0.39 is 17.2 Å². The Bertz CT molecular complexity index is 1270. The normalized spacial score (nSPS) is 17.1. The summed E-state index contributed by atoms with van der Waals surface area (Å²) in [5.41, 5.74) is -0.0919. The molecule has 0 unspecified atom stereocenters. The fourth-order valence-electron chi connectivity index (χ4n) is 4.25. The van der Waals surface area contributed by atoms with Gasteiger partial charge in [-0.05, 0) is 48.4 Å². The zero-order valence-electron chi connectivity index (χ0n) is 20.7. The molecule has 200 valence electrons. The van der Waals surface area contributed by atoms with E-state index in [9.17, 15) is 22.8 Å². The highest BCUT2D eigenvalue weighted by Gasteiger charge is 2.42. The van der Waals surface area contributed by atoms with Gasteiger partial charge in [0.1, 0.15) is 5.75 Å². The number of amides is 2. The third kappa shape index (κ3) is 6.25. The second kappa shape index (κ2) is 11.6. The summed E-state index contributed by atoms with van der Waals surface area (Å²) in [6, 6.07) is 18.8. The molecule has 3 N–H and O–H groups in total. The van der Waals surface area contributed by atoms with Crippen LogP contribution >= 0.6 is 0 Å². The molecule has 1 saturated heterocycles. The molecule has 0 bridgehead atoms. The molecule has 1 aliphatic heterocycles. The van der Waals surface area contributed by atoms with E-state index in [4.69, 9.17) is 9.47 Å². The Hall–Kier alpha value is -4.05. The minimum Gasteiger partial charge on any atom is -0.496 e. The average Bonchev–Trinajstić information content (AvgIpc) is 3.41. The predicted molar refractivity (Wildman–Crippen MR) is 136 cm³/mol. The fraction of sp³-hybridized carbons (Fsp3) is 0.286. The van der Waals surface area contributed by atoms with Crippen molar-refractivity contribution < 1.29 is 32.2 Å². The van der Waals surface area contributed by atoms with Crippen LogP contribution in [-0.2, 0) is 22.3 Å². The summed E-state index contributed by atoms with van der Waals surface area (Å²) in [5.74, 6) is -0.167. The lowest BCUT2D eigenvalue weighted by Crippen LogP contribution is -2.48. The zero-order valence-corrected chi connectivity index (χ0v) is 20.7. The van der Waals surface area contributed by atoms with Crippen molar-refractivity contribution >= 4 is 23.2 Å². The summed E-state index contributed by atoms with van der Waals surface area (Å²) in [7, 11) is 1.48. The Morgan fingerprint density at radius 2 is 1.68 bits per heavy atom. The molecule has 3 aromatic rings. The third-order valence-electron chi connectivity index (χ3n) is 6.44. The molecule has 7 nitrogen and oxygen atoms in total. The van der Waals surface area contributed by atoms with Gasteiger partial charge in [-0.15, -0.1) is 0 Å². The molecule has 0 spiro atoms. The molecular weight excluding hydrogens is 499 g/mol. The van der Waals surface area contributed by atoms with Crippen molar-refractivity contribution in [3.05, 3.63) is 89.5 Å². The molecule has 1 fully saturated rings. The summed E-state index contributed by atoms with van der Waals surface area (Å²) in [4.78, 5) is 25.9. The molecule has 3 aromatic carbocycles. The second-order valence-corrected chi connectivity index (χ2v) is 9.01. The molecule has 1 aliphatic rings. The Kier molecular flexibility index (Phi) is 8.21. The van der Waals surface area contributed by atoms with E-state index in [1.807, 2.05) is 0 Å². The van der Waals surface area contributed by atoms with E-state index in [2.05, 4.69) is 16.0 Å². The van der Waals surface area contributed by atoms with Crippen LogP contribution in [0.4, 0.5) is 24.5 Å². The van der Waals surface area contributed by atoms with Crippen LogP contribution in [0.5, 0.6) is 5.75 Å². The van der Waals surface area contributed by atoms with Gasteiger partial charge in [0, 0.05) is 25.4 Å². The largest absolute Gasteiger partial charge is 0.496 e. The van der Waals surface area contributed by atoms with Gasteiger partial charge in [-0.1, -0.05) is 36.4 Å². The Labute approximate surface area is 218 Å². The predicted octanol–water partition coefficient (Wildman–Crippen LogP) is 4.91. The highest BCUT2D eigenvalue weighted by molar-refractivity contribution is 5.97. The molecule has 0 aromatic heterocycles. The minimum absolute atomic E-state index is 0.0422. The van der Waals surface area contributed by atoms with Crippen LogP contribution in [-0.4, -0.2) is 38.7 Å². The van der Waals surface area contributed by atoms with Gasteiger partial charge in [-0.3, -0.25) is 9.59 Å². The Morgan fingerprint density at radius 3 is 2.37 bits per heavy atom. The zero-order chi connectivity index (χ0) is 27.2. The molecule has 1 heterocycles. The summed E-state index contributed by atoms with van der Waals surface area (Å²) in [5, 5.41) is 8.53. The van der Waals surface area contributed by atoms with E-state index in [0.717, 1.165) is 11.6 Å². The first-order valence-corrected chi connectivity index (χ1v) is 12.0. The van der Waals surface area contributed by atoms with Gasteiger partial charge in [-0.2, -0.15) is 13.2 Å². The number of nitrogens with one attached hydrogen (secondary N) is 3. The van der Waals surface area contributed by atoms with Crippen molar-refractivity contribution in [3.63, 3.8) is 0 Å². The molecular formula is C28H28F3N3O4. The molecule has 0 radical (unpaired) electrons. The molecule has 1 atom stereocenters. The number of rotatable bonds is 9. The number of halogens is 3. The number of benzene rings is 3. The van der Waals surface area contributed by atoms with Crippen LogP contribution in [0, 0.1) is 5.41 Å². The standard InChI is InChI=1S/C28H28F3N3O4/c1-37-24-9-5-2-6-21(24)25(35)33-17-27(14-15-38-18-27)26(36)32-16-19-10-12-20(13-11-19)34-23-8-4-3-7-22(23)28(29,30)31/h2-13,34H,14-18H2,1H3,(H,32,36)(H,33,35)/t27-/m0/s1. The Morgan fingerprint density at radius 1 is 0.974 bits per heavy atom. The molecule has 2 amide bonds.